The third kappa shape index (κ3) is 17.6. The van der Waals surface area contributed by atoms with E-state index < -0.39 is 71.8 Å². The van der Waals surface area contributed by atoms with Crippen LogP contribution in [0.1, 0.15) is 137 Å². The molecule has 21 nitrogen and oxygen atoms in total. The van der Waals surface area contributed by atoms with Crippen molar-refractivity contribution in [3.8, 4) is 0 Å². The van der Waals surface area contributed by atoms with Gasteiger partial charge in [0.2, 0.25) is 29.5 Å². The number of anilines is 1. The molecule has 3 fully saturated rings. The molecule has 3 aliphatic heterocycles. The van der Waals surface area contributed by atoms with E-state index >= 15 is 0 Å². The summed E-state index contributed by atoms with van der Waals surface area (Å²) >= 11 is 0. The lowest BCUT2D eigenvalue weighted by Crippen LogP contribution is -2.61. The Hall–Kier alpha value is -6.87. The molecule has 3 heterocycles. The van der Waals surface area contributed by atoms with Gasteiger partial charge in [0.15, 0.2) is 0 Å². The summed E-state index contributed by atoms with van der Waals surface area (Å²) in [5, 5.41) is 14.7. The smallest absolute Gasteiger partial charge is 0.411 e. The Bertz CT molecular complexity index is 2610. The summed E-state index contributed by atoms with van der Waals surface area (Å²) in [4.78, 5) is 128. The van der Waals surface area contributed by atoms with Gasteiger partial charge in [-0.15, -0.1) is 0 Å². The molecule has 11 atom stereocenters. The SMILES string of the molecule is CC[C@H](C)[C@@H]([C@H](CC(=O)N1CCC[C@H]1[C@H](OC)[C@@H](C)C(=O)N[C@@H](Cc1ccccc1)C(=O)Nc1ccc(CNC(=O)NCCCCCCN2C(=O)C=CC2=O)cc1)OC)N(C)C(=O)[C@@H](NC(=O)C1C2CCC(C2)N1C(=O)OC(C)(C)C)C(C)C. The zero-order valence-electron chi connectivity index (χ0n) is 51.3. The molecule has 462 valence electrons. The van der Waals surface area contributed by atoms with Crippen LogP contribution in [-0.2, 0) is 60.7 Å². The number of likely N-dealkylation sites (N-methyl/N-ethyl adjacent to an activating group) is 1. The first-order valence-electron chi connectivity index (χ1n) is 30.2. The maximum atomic E-state index is 14.7. The molecule has 2 saturated heterocycles. The number of likely N-dealkylation sites (tertiary alicyclic amines) is 2. The Kier molecular flexibility index (Phi) is 24.3. The number of unbranched alkanes of at least 4 members (excludes halogenated alkanes) is 3. The number of fused-ring (bicyclic) bond motifs is 2. The zero-order chi connectivity index (χ0) is 61.4. The van der Waals surface area contributed by atoms with Gasteiger partial charge in [-0.3, -0.25) is 43.4 Å². The average Bonchev–Trinajstić information content (AvgIpc) is 2.32. The Morgan fingerprint density at radius 3 is 2.10 bits per heavy atom. The first kappa shape index (κ1) is 66.3. The summed E-state index contributed by atoms with van der Waals surface area (Å²) in [7, 11) is 4.73. The third-order valence-electron chi connectivity index (χ3n) is 17.0. The number of hydrogen-bond acceptors (Lipinski definition) is 12. The fraction of sp³-hybridized carbons (Fsp3) is 0.635. The molecule has 2 aromatic rings. The molecule has 0 radical (unpaired) electrons. The van der Waals surface area contributed by atoms with E-state index in [2.05, 4.69) is 26.6 Å². The van der Waals surface area contributed by atoms with E-state index in [1.165, 1.54) is 31.3 Å². The van der Waals surface area contributed by atoms with E-state index in [0.717, 1.165) is 43.2 Å². The van der Waals surface area contributed by atoms with Crippen molar-refractivity contribution in [2.45, 2.75) is 193 Å². The molecule has 10 amide bonds. The number of piperidine rings is 1. The largest absolute Gasteiger partial charge is 0.444 e. The molecule has 2 bridgehead atoms. The number of amides is 10. The number of nitrogens with zero attached hydrogens (tertiary/aromatic N) is 4. The number of ether oxygens (including phenoxy) is 3. The van der Waals surface area contributed by atoms with E-state index in [-0.39, 0.29) is 78.7 Å². The molecular weight excluding hydrogens is 1070 g/mol. The second-order valence-corrected chi connectivity index (χ2v) is 24.5. The summed E-state index contributed by atoms with van der Waals surface area (Å²) in [6, 6.07) is 12.2. The number of methoxy groups -OCH3 is 2. The lowest BCUT2D eigenvalue weighted by atomic mass is 9.89. The van der Waals surface area contributed by atoms with Crippen molar-refractivity contribution in [3.05, 3.63) is 77.9 Å². The van der Waals surface area contributed by atoms with Gasteiger partial charge in [-0.05, 0) is 107 Å². The third-order valence-corrected chi connectivity index (χ3v) is 17.0. The first-order valence-corrected chi connectivity index (χ1v) is 30.2. The molecule has 6 rings (SSSR count). The summed E-state index contributed by atoms with van der Waals surface area (Å²) in [5.41, 5.74) is 1.37. The number of hydrogen-bond donors (Lipinski definition) is 5. The average molecular weight is 1170 g/mol. The van der Waals surface area contributed by atoms with E-state index in [0.29, 0.717) is 57.4 Å². The fourth-order valence-corrected chi connectivity index (χ4v) is 12.3. The highest BCUT2D eigenvalue weighted by molar-refractivity contribution is 6.12. The Balaban J connectivity index is 1.04. The highest BCUT2D eigenvalue weighted by Crippen LogP contribution is 2.43. The minimum Gasteiger partial charge on any atom is -0.444 e. The number of nitrogens with one attached hydrogen (secondary N) is 5. The van der Waals surface area contributed by atoms with Crippen molar-refractivity contribution >= 4 is 59.2 Å². The lowest BCUT2D eigenvalue weighted by molar-refractivity contribution is -0.148. The van der Waals surface area contributed by atoms with Crippen LogP contribution >= 0.6 is 0 Å². The van der Waals surface area contributed by atoms with Crippen LogP contribution in [0.25, 0.3) is 0 Å². The van der Waals surface area contributed by atoms with Gasteiger partial charge in [0, 0.05) is 77.7 Å². The van der Waals surface area contributed by atoms with Gasteiger partial charge in [0.1, 0.15) is 23.7 Å². The quantitative estimate of drug-likeness (QED) is 0.0433. The maximum absolute atomic E-state index is 14.7. The van der Waals surface area contributed by atoms with Gasteiger partial charge in [-0.25, -0.2) is 9.59 Å². The number of imide groups is 1. The van der Waals surface area contributed by atoms with Crippen LogP contribution in [0.15, 0.2) is 66.7 Å². The van der Waals surface area contributed by atoms with Crippen LogP contribution in [0.5, 0.6) is 0 Å². The van der Waals surface area contributed by atoms with Gasteiger partial charge >= 0.3 is 12.1 Å². The van der Waals surface area contributed by atoms with Crippen molar-refractivity contribution in [1.29, 1.82) is 0 Å². The van der Waals surface area contributed by atoms with Gasteiger partial charge in [-0.2, -0.15) is 0 Å². The summed E-state index contributed by atoms with van der Waals surface area (Å²) < 4.78 is 18.0. The molecule has 1 saturated carbocycles. The molecular formula is C63H93N9O12. The van der Waals surface area contributed by atoms with Crippen molar-refractivity contribution in [1.82, 2.24) is 40.9 Å². The number of urea groups is 1. The molecule has 3 unspecified atom stereocenters. The summed E-state index contributed by atoms with van der Waals surface area (Å²) in [6.07, 6.45) is 7.92. The minimum atomic E-state index is -0.991. The van der Waals surface area contributed by atoms with Crippen LogP contribution in [0.3, 0.4) is 0 Å². The highest BCUT2D eigenvalue weighted by Gasteiger charge is 2.53. The molecule has 21 heteroatoms. The topological polar surface area (TPSA) is 254 Å². The van der Waals surface area contributed by atoms with Crippen molar-refractivity contribution in [2.75, 3.05) is 46.2 Å². The Morgan fingerprint density at radius 2 is 1.46 bits per heavy atom. The van der Waals surface area contributed by atoms with Gasteiger partial charge < -0.3 is 50.6 Å². The molecule has 0 aromatic heterocycles. The van der Waals surface area contributed by atoms with Crippen molar-refractivity contribution in [2.24, 2.45) is 23.7 Å². The van der Waals surface area contributed by atoms with Gasteiger partial charge in [0.05, 0.1) is 36.6 Å². The van der Waals surface area contributed by atoms with Crippen molar-refractivity contribution in [3.63, 3.8) is 0 Å². The lowest BCUT2D eigenvalue weighted by Gasteiger charge is -2.41. The normalized spacial score (nSPS) is 20.9. The second-order valence-electron chi connectivity index (χ2n) is 24.5. The molecule has 2 aromatic carbocycles. The van der Waals surface area contributed by atoms with E-state index in [1.54, 1.807) is 73.7 Å². The van der Waals surface area contributed by atoms with Gasteiger partial charge in [-0.1, -0.05) is 96.3 Å². The molecule has 1 aliphatic carbocycles. The van der Waals surface area contributed by atoms with E-state index in [4.69, 9.17) is 14.2 Å². The maximum Gasteiger partial charge on any atom is 0.411 e. The Morgan fingerprint density at radius 1 is 0.786 bits per heavy atom. The number of carbonyl (C=O) groups is 9. The van der Waals surface area contributed by atoms with Crippen LogP contribution < -0.4 is 26.6 Å². The molecule has 0 spiro atoms. The predicted octanol–water partition coefficient (Wildman–Crippen LogP) is 6.49. The van der Waals surface area contributed by atoms with Crippen LogP contribution in [0.4, 0.5) is 15.3 Å². The predicted molar refractivity (Wildman–Crippen MR) is 318 cm³/mol. The number of rotatable bonds is 29. The van der Waals surface area contributed by atoms with Crippen LogP contribution in [0, 0.1) is 23.7 Å². The van der Waals surface area contributed by atoms with Crippen LogP contribution in [0.2, 0.25) is 0 Å². The Labute approximate surface area is 496 Å². The minimum absolute atomic E-state index is 0.0429. The van der Waals surface area contributed by atoms with E-state index in [9.17, 15) is 43.2 Å². The van der Waals surface area contributed by atoms with Crippen LogP contribution in [-0.4, -0.2) is 168 Å². The molecule has 5 N–H and O–H groups in total. The zero-order valence-corrected chi connectivity index (χ0v) is 51.3. The van der Waals surface area contributed by atoms with Crippen molar-refractivity contribution < 1.29 is 57.4 Å². The fourth-order valence-electron chi connectivity index (χ4n) is 12.3. The molecule has 84 heavy (non-hydrogen) atoms. The monoisotopic (exact) mass is 1170 g/mol. The number of benzene rings is 2. The number of carbonyl (C=O) groups excluding carboxylic acids is 9. The standard InChI is InChI=1S/C63H93N9O12/c1-12-40(4)54(69(9)60(79)53(39(2)3)68-59(78)55-44-26-29-46(36-44)72(55)62(81)84-63(6,7)8)49(82-10)37-52(75)70-34-20-23-48(70)56(83-11)41(5)57(76)67-47(35-42-21-16-15-17-22-42)58(77)66-45-27-24-43(25-28-45)38-65-61(80)64-32-18-13-14-19-33-71-50(73)30-31-51(71)74/h15-17,21-22,24-25,27-28,30-31,39-41,44,46-49,53-56H,12-14,18-20,23,26,29,32-38H2,1-11H3,(H,66,77)(H,67,76)(H,68,78)(H2,64,65,80)/t40-,41+,44?,46?,47-,48-,49-,53-,54-,55?,56+/m0/s1. The van der Waals surface area contributed by atoms with Gasteiger partial charge in [0.25, 0.3) is 11.8 Å². The second kappa shape index (κ2) is 30.8. The summed E-state index contributed by atoms with van der Waals surface area (Å²) in [6.45, 7) is 16.4. The molecule has 4 aliphatic rings. The highest BCUT2D eigenvalue weighted by atomic mass is 16.6. The summed E-state index contributed by atoms with van der Waals surface area (Å²) in [5.74, 6) is -3.68. The first-order chi connectivity index (χ1) is 40.0. The van der Waals surface area contributed by atoms with E-state index in [1.807, 2.05) is 58.0 Å².